The molecule has 5 heteroatoms. The van der Waals surface area contributed by atoms with Crippen LogP contribution >= 0.6 is 0 Å². The molecule has 2 heterocycles. The molecule has 1 aliphatic heterocycles. The van der Waals surface area contributed by atoms with Crippen molar-refractivity contribution >= 4 is 5.91 Å². The summed E-state index contributed by atoms with van der Waals surface area (Å²) in [5, 5.41) is 2.97. The van der Waals surface area contributed by atoms with Gasteiger partial charge in [-0.15, -0.1) is 0 Å². The van der Waals surface area contributed by atoms with Gasteiger partial charge < -0.3 is 9.88 Å². The Morgan fingerprint density at radius 1 is 1.12 bits per heavy atom. The Morgan fingerprint density at radius 3 is 2.48 bits per heavy atom. The number of imidazole rings is 1. The van der Waals surface area contributed by atoms with Crippen LogP contribution in [0, 0.1) is 0 Å². The van der Waals surface area contributed by atoms with E-state index >= 15 is 0 Å². The quantitative estimate of drug-likeness (QED) is 0.880. The second kappa shape index (κ2) is 8.81. The van der Waals surface area contributed by atoms with Gasteiger partial charge in [0.1, 0.15) is 5.82 Å². The maximum absolute atomic E-state index is 12.3. The van der Waals surface area contributed by atoms with Crippen molar-refractivity contribution in [3.8, 4) is 0 Å². The Bertz CT molecular complexity index is 669. The molecule has 5 nitrogen and oxygen atoms in total. The van der Waals surface area contributed by atoms with Gasteiger partial charge in [0.2, 0.25) is 0 Å². The van der Waals surface area contributed by atoms with E-state index in [2.05, 4.69) is 27.3 Å². The smallest absolute Gasteiger partial charge is 0.251 e. The molecule has 3 rings (SSSR count). The second-order valence-corrected chi connectivity index (χ2v) is 6.85. The highest BCUT2D eigenvalue weighted by molar-refractivity contribution is 5.94. The number of hydrogen-bond donors (Lipinski definition) is 1. The number of hydrogen-bond acceptors (Lipinski definition) is 3. The second-order valence-electron chi connectivity index (χ2n) is 6.85. The lowest BCUT2D eigenvalue weighted by Crippen LogP contribution is -2.26. The molecule has 134 valence electrons. The minimum Gasteiger partial charge on any atom is -0.352 e. The largest absolute Gasteiger partial charge is 0.352 e. The van der Waals surface area contributed by atoms with E-state index in [4.69, 9.17) is 0 Å². The third-order valence-electron chi connectivity index (χ3n) is 4.88. The van der Waals surface area contributed by atoms with Crippen molar-refractivity contribution < 1.29 is 4.79 Å². The number of benzene rings is 1. The number of likely N-dealkylation sites (tertiary alicyclic amines) is 1. The van der Waals surface area contributed by atoms with E-state index in [0.29, 0.717) is 6.54 Å². The minimum atomic E-state index is -0.0180. The van der Waals surface area contributed by atoms with Crippen LogP contribution in [0.3, 0.4) is 0 Å². The lowest BCUT2D eigenvalue weighted by Gasteiger charge is -2.19. The summed E-state index contributed by atoms with van der Waals surface area (Å²) in [4.78, 5) is 19.0. The maximum atomic E-state index is 12.3. The molecule has 1 amide bonds. The molecule has 0 bridgehead atoms. The van der Waals surface area contributed by atoms with Crippen LogP contribution < -0.4 is 5.32 Å². The third kappa shape index (κ3) is 5.16. The average Bonchev–Trinajstić information content (AvgIpc) is 2.86. The molecule has 0 unspecified atom stereocenters. The van der Waals surface area contributed by atoms with Gasteiger partial charge in [-0.1, -0.05) is 25.0 Å². The zero-order chi connectivity index (χ0) is 17.5. The molecule has 1 aliphatic rings. The van der Waals surface area contributed by atoms with E-state index < -0.39 is 0 Å². The van der Waals surface area contributed by atoms with Crippen molar-refractivity contribution in [1.29, 1.82) is 0 Å². The fourth-order valence-electron chi connectivity index (χ4n) is 3.34. The molecule has 1 aromatic heterocycles. The summed E-state index contributed by atoms with van der Waals surface area (Å²) in [5.41, 5.74) is 2.01. The summed E-state index contributed by atoms with van der Waals surface area (Å²) in [7, 11) is 1.97. The summed E-state index contributed by atoms with van der Waals surface area (Å²) >= 11 is 0. The number of amides is 1. The fraction of sp³-hybridized carbons (Fsp3) is 0.500. The summed E-state index contributed by atoms with van der Waals surface area (Å²) in [6, 6.07) is 8.03. The first-order valence-electron chi connectivity index (χ1n) is 9.28. The molecule has 0 aliphatic carbocycles. The van der Waals surface area contributed by atoms with Gasteiger partial charge in [0.15, 0.2) is 0 Å². The van der Waals surface area contributed by atoms with Gasteiger partial charge in [-0.05, 0) is 43.6 Å². The van der Waals surface area contributed by atoms with Crippen LogP contribution in [0.2, 0.25) is 0 Å². The van der Waals surface area contributed by atoms with E-state index in [1.54, 1.807) is 6.20 Å². The lowest BCUT2D eigenvalue weighted by molar-refractivity contribution is 0.0954. The van der Waals surface area contributed by atoms with Crippen molar-refractivity contribution in [2.45, 2.75) is 38.6 Å². The van der Waals surface area contributed by atoms with Crippen molar-refractivity contribution in [2.24, 2.45) is 7.05 Å². The molecule has 1 saturated heterocycles. The first kappa shape index (κ1) is 17.7. The Hall–Kier alpha value is -2.14. The number of aryl methyl sites for hydroxylation is 1. The van der Waals surface area contributed by atoms with Crippen LogP contribution in [-0.2, 0) is 20.0 Å². The highest BCUT2D eigenvalue weighted by Gasteiger charge is 2.10. The molecule has 25 heavy (non-hydrogen) atoms. The molecule has 2 aromatic rings. The number of nitrogens with zero attached hydrogens (tertiary/aromatic N) is 3. The molecule has 0 spiro atoms. The molecular formula is C20H28N4O. The monoisotopic (exact) mass is 340 g/mol. The number of rotatable bonds is 6. The standard InChI is InChI=1S/C20H28N4O/c1-23-15-12-21-19(23)10-11-22-20(25)18-8-6-17(7-9-18)16-24-13-4-2-3-5-14-24/h6-9,12,15H,2-5,10-11,13-14,16H2,1H3,(H,22,25). The molecule has 1 fully saturated rings. The SMILES string of the molecule is Cn1ccnc1CCNC(=O)c1ccc(CN2CCCCCC2)cc1. The van der Waals surface area contributed by atoms with Crippen LogP contribution in [-0.4, -0.2) is 40.0 Å². The van der Waals surface area contributed by atoms with E-state index in [9.17, 15) is 4.79 Å². The zero-order valence-electron chi connectivity index (χ0n) is 15.1. The van der Waals surface area contributed by atoms with Crippen LogP contribution in [0.4, 0.5) is 0 Å². The van der Waals surface area contributed by atoms with E-state index in [1.807, 2.05) is 29.9 Å². The van der Waals surface area contributed by atoms with Gasteiger partial charge in [0.05, 0.1) is 0 Å². The zero-order valence-corrected chi connectivity index (χ0v) is 15.1. The Labute approximate surface area is 150 Å². The number of nitrogens with one attached hydrogen (secondary N) is 1. The van der Waals surface area contributed by atoms with Crippen LogP contribution in [0.25, 0.3) is 0 Å². The van der Waals surface area contributed by atoms with Gasteiger partial charge in [-0.25, -0.2) is 4.98 Å². The Kier molecular flexibility index (Phi) is 6.23. The molecule has 1 N–H and O–H groups in total. The van der Waals surface area contributed by atoms with Crippen LogP contribution in [0.15, 0.2) is 36.7 Å². The minimum absolute atomic E-state index is 0.0180. The van der Waals surface area contributed by atoms with Crippen molar-refractivity contribution in [2.75, 3.05) is 19.6 Å². The molecule has 0 radical (unpaired) electrons. The van der Waals surface area contributed by atoms with Crippen molar-refractivity contribution in [3.05, 3.63) is 53.6 Å². The highest BCUT2D eigenvalue weighted by Crippen LogP contribution is 2.14. The highest BCUT2D eigenvalue weighted by atomic mass is 16.1. The van der Waals surface area contributed by atoms with E-state index in [-0.39, 0.29) is 5.91 Å². The van der Waals surface area contributed by atoms with Crippen molar-refractivity contribution in [3.63, 3.8) is 0 Å². The van der Waals surface area contributed by atoms with Crippen molar-refractivity contribution in [1.82, 2.24) is 19.8 Å². The van der Waals surface area contributed by atoms with E-state index in [0.717, 1.165) is 24.4 Å². The third-order valence-corrected chi connectivity index (χ3v) is 4.88. The maximum Gasteiger partial charge on any atom is 0.251 e. The van der Waals surface area contributed by atoms with Gasteiger partial charge in [-0.2, -0.15) is 0 Å². The Balaban J connectivity index is 1.47. The normalized spacial score (nSPS) is 15.7. The Morgan fingerprint density at radius 2 is 1.84 bits per heavy atom. The summed E-state index contributed by atoms with van der Waals surface area (Å²) < 4.78 is 1.98. The predicted octanol–water partition coefficient (Wildman–Crippen LogP) is 2.77. The van der Waals surface area contributed by atoms with Gasteiger partial charge in [-0.3, -0.25) is 9.69 Å². The summed E-state index contributed by atoms with van der Waals surface area (Å²) in [6.07, 6.45) is 9.75. The van der Waals surface area contributed by atoms with E-state index in [1.165, 1.54) is 44.3 Å². The van der Waals surface area contributed by atoms with Crippen LogP contribution in [0.1, 0.15) is 47.4 Å². The van der Waals surface area contributed by atoms with Gasteiger partial charge >= 0.3 is 0 Å². The average molecular weight is 340 g/mol. The summed E-state index contributed by atoms with van der Waals surface area (Å²) in [6.45, 7) is 3.96. The summed E-state index contributed by atoms with van der Waals surface area (Å²) in [5.74, 6) is 0.962. The lowest BCUT2D eigenvalue weighted by atomic mass is 10.1. The molecule has 0 atom stereocenters. The first-order chi connectivity index (χ1) is 12.2. The molecule has 0 saturated carbocycles. The topological polar surface area (TPSA) is 50.2 Å². The molecular weight excluding hydrogens is 312 g/mol. The first-order valence-corrected chi connectivity index (χ1v) is 9.28. The van der Waals surface area contributed by atoms with Gasteiger partial charge in [0.25, 0.3) is 5.91 Å². The van der Waals surface area contributed by atoms with Gasteiger partial charge in [0, 0.05) is 44.5 Å². The molecule has 1 aromatic carbocycles. The number of carbonyl (C=O) groups is 1. The predicted molar refractivity (Wildman–Crippen MR) is 99.4 cm³/mol. The fourth-order valence-corrected chi connectivity index (χ4v) is 3.34. The number of carbonyl (C=O) groups excluding carboxylic acids is 1. The van der Waals surface area contributed by atoms with Crippen LogP contribution in [0.5, 0.6) is 0 Å². The number of aromatic nitrogens is 2.